The molecule has 29 heavy (non-hydrogen) atoms. The summed E-state index contributed by atoms with van der Waals surface area (Å²) in [5, 5.41) is 15.2. The van der Waals surface area contributed by atoms with Gasteiger partial charge in [-0.2, -0.15) is 0 Å². The Bertz CT molecular complexity index is 951. The molecule has 0 radical (unpaired) electrons. The normalized spacial score (nSPS) is 12.9. The molecule has 3 rings (SSSR count). The standard InChI is InChI=1S/C21H29N7O/c1-5-22-21(24-15-20-26-25-19-11-6-7-12-28(19)20)23-14-18(27(2)3)16-9-8-10-17(13-16)29-4/h6-13,18H,5,14-15H2,1-4H3,(H2,22,23,24). The van der Waals surface area contributed by atoms with E-state index in [0.29, 0.717) is 13.1 Å². The first-order valence-corrected chi connectivity index (χ1v) is 9.73. The van der Waals surface area contributed by atoms with E-state index in [1.54, 1.807) is 7.11 Å². The van der Waals surface area contributed by atoms with Gasteiger partial charge in [-0.25, -0.2) is 4.99 Å². The molecule has 0 saturated heterocycles. The number of aromatic nitrogens is 3. The molecule has 2 N–H and O–H groups in total. The summed E-state index contributed by atoms with van der Waals surface area (Å²) in [7, 11) is 5.82. The molecule has 154 valence electrons. The van der Waals surface area contributed by atoms with E-state index in [4.69, 9.17) is 9.73 Å². The van der Waals surface area contributed by atoms with Gasteiger partial charge in [0.05, 0.1) is 13.2 Å². The summed E-state index contributed by atoms with van der Waals surface area (Å²) in [4.78, 5) is 6.87. The lowest BCUT2D eigenvalue weighted by Gasteiger charge is -2.26. The van der Waals surface area contributed by atoms with Crippen molar-refractivity contribution in [3.8, 4) is 5.75 Å². The predicted octanol–water partition coefficient (Wildman–Crippen LogP) is 2.10. The van der Waals surface area contributed by atoms with Crippen molar-refractivity contribution in [2.45, 2.75) is 19.5 Å². The molecule has 0 aliphatic rings. The summed E-state index contributed by atoms with van der Waals surface area (Å²) in [6.45, 7) is 3.96. The van der Waals surface area contributed by atoms with E-state index >= 15 is 0 Å². The molecule has 0 fully saturated rings. The first-order chi connectivity index (χ1) is 14.1. The Hall–Kier alpha value is -3.13. The SMILES string of the molecule is CCNC(=NCc1nnc2ccccn12)NCC(c1cccc(OC)c1)N(C)C. The van der Waals surface area contributed by atoms with Crippen LogP contribution in [0.3, 0.4) is 0 Å². The van der Waals surface area contributed by atoms with Crippen LogP contribution in [0, 0.1) is 0 Å². The number of nitrogens with one attached hydrogen (secondary N) is 2. The van der Waals surface area contributed by atoms with Crippen molar-refractivity contribution < 1.29 is 4.74 Å². The highest BCUT2D eigenvalue weighted by atomic mass is 16.5. The summed E-state index contributed by atoms with van der Waals surface area (Å²) in [5.74, 6) is 2.40. The van der Waals surface area contributed by atoms with Gasteiger partial charge in [-0.15, -0.1) is 10.2 Å². The highest BCUT2D eigenvalue weighted by Crippen LogP contribution is 2.22. The van der Waals surface area contributed by atoms with Gasteiger partial charge in [-0.3, -0.25) is 4.40 Å². The molecular weight excluding hydrogens is 366 g/mol. The topological polar surface area (TPSA) is 79.1 Å². The second-order valence-corrected chi connectivity index (χ2v) is 6.88. The average Bonchev–Trinajstić information content (AvgIpc) is 3.15. The van der Waals surface area contributed by atoms with Gasteiger partial charge in [0.1, 0.15) is 12.3 Å². The van der Waals surface area contributed by atoms with E-state index in [2.05, 4.69) is 58.9 Å². The number of fused-ring (bicyclic) bond motifs is 1. The highest BCUT2D eigenvalue weighted by Gasteiger charge is 2.15. The number of guanidine groups is 1. The largest absolute Gasteiger partial charge is 0.497 e. The third kappa shape index (κ3) is 5.23. The van der Waals surface area contributed by atoms with Crippen LogP contribution in [0.4, 0.5) is 0 Å². The number of ether oxygens (including phenoxy) is 1. The van der Waals surface area contributed by atoms with Gasteiger partial charge in [-0.1, -0.05) is 18.2 Å². The van der Waals surface area contributed by atoms with Crippen LogP contribution in [-0.4, -0.2) is 59.8 Å². The van der Waals surface area contributed by atoms with Crippen LogP contribution in [0.2, 0.25) is 0 Å². The number of nitrogens with zero attached hydrogens (tertiary/aromatic N) is 5. The van der Waals surface area contributed by atoms with Crippen LogP contribution in [0.5, 0.6) is 5.75 Å². The Morgan fingerprint density at radius 1 is 1.17 bits per heavy atom. The van der Waals surface area contributed by atoms with Crippen molar-refractivity contribution in [3.63, 3.8) is 0 Å². The third-order valence-corrected chi connectivity index (χ3v) is 4.67. The number of aliphatic imine (C=N–C) groups is 1. The second-order valence-electron chi connectivity index (χ2n) is 6.88. The van der Waals surface area contributed by atoms with Crippen molar-refractivity contribution >= 4 is 11.6 Å². The number of methoxy groups -OCH3 is 1. The Labute approximate surface area is 171 Å². The number of pyridine rings is 1. The molecule has 8 heteroatoms. The summed E-state index contributed by atoms with van der Waals surface area (Å²) < 4.78 is 7.32. The zero-order valence-corrected chi connectivity index (χ0v) is 17.5. The Balaban J connectivity index is 1.72. The maximum atomic E-state index is 5.37. The van der Waals surface area contributed by atoms with Crippen LogP contribution in [-0.2, 0) is 6.54 Å². The highest BCUT2D eigenvalue weighted by molar-refractivity contribution is 5.79. The van der Waals surface area contributed by atoms with Crippen LogP contribution in [0.15, 0.2) is 53.7 Å². The lowest BCUT2D eigenvalue weighted by Crippen LogP contribution is -2.41. The zero-order chi connectivity index (χ0) is 20.6. The maximum absolute atomic E-state index is 5.37. The minimum absolute atomic E-state index is 0.169. The van der Waals surface area contributed by atoms with Gasteiger partial charge in [-0.05, 0) is 50.8 Å². The van der Waals surface area contributed by atoms with Crippen LogP contribution in [0.25, 0.3) is 5.65 Å². The monoisotopic (exact) mass is 395 g/mol. The molecular formula is C21H29N7O. The Kier molecular flexibility index (Phi) is 7.02. The molecule has 2 aromatic heterocycles. The molecule has 3 aromatic rings. The third-order valence-electron chi connectivity index (χ3n) is 4.67. The summed E-state index contributed by atoms with van der Waals surface area (Å²) in [6.07, 6.45) is 1.95. The Morgan fingerprint density at radius 3 is 2.79 bits per heavy atom. The quantitative estimate of drug-likeness (QED) is 0.449. The smallest absolute Gasteiger partial charge is 0.191 e. The van der Waals surface area contributed by atoms with Gasteiger partial charge in [0.15, 0.2) is 17.4 Å². The fourth-order valence-electron chi connectivity index (χ4n) is 3.13. The number of rotatable bonds is 8. The molecule has 0 spiro atoms. The number of hydrogen-bond donors (Lipinski definition) is 2. The van der Waals surface area contributed by atoms with Gasteiger partial charge >= 0.3 is 0 Å². The summed E-state index contributed by atoms with van der Waals surface area (Å²) in [5.41, 5.74) is 2.00. The molecule has 0 aliphatic heterocycles. The maximum Gasteiger partial charge on any atom is 0.191 e. The number of hydrogen-bond acceptors (Lipinski definition) is 5. The fraction of sp³-hybridized carbons (Fsp3) is 0.381. The molecule has 0 aliphatic carbocycles. The van der Waals surface area contributed by atoms with Crippen LogP contribution in [0.1, 0.15) is 24.4 Å². The molecule has 1 unspecified atom stereocenters. The van der Waals surface area contributed by atoms with Crippen LogP contribution < -0.4 is 15.4 Å². The fourth-order valence-corrected chi connectivity index (χ4v) is 3.13. The van der Waals surface area contributed by atoms with Crippen molar-refractivity contribution in [2.75, 3.05) is 34.3 Å². The van der Waals surface area contributed by atoms with Crippen LogP contribution >= 0.6 is 0 Å². The number of benzene rings is 1. The van der Waals surface area contributed by atoms with Crippen molar-refractivity contribution in [1.29, 1.82) is 0 Å². The van der Waals surface area contributed by atoms with Gasteiger partial charge < -0.3 is 20.3 Å². The molecule has 1 aromatic carbocycles. The first kappa shape index (κ1) is 20.6. The van der Waals surface area contributed by atoms with E-state index < -0.39 is 0 Å². The van der Waals surface area contributed by atoms with Gasteiger partial charge in [0.25, 0.3) is 0 Å². The van der Waals surface area contributed by atoms with Gasteiger partial charge in [0.2, 0.25) is 0 Å². The first-order valence-electron chi connectivity index (χ1n) is 9.73. The summed E-state index contributed by atoms with van der Waals surface area (Å²) in [6, 6.07) is 14.2. The van der Waals surface area contributed by atoms with E-state index in [9.17, 15) is 0 Å². The molecule has 2 heterocycles. The molecule has 0 saturated carbocycles. The van der Waals surface area contributed by atoms with Crippen molar-refractivity contribution in [3.05, 3.63) is 60.0 Å². The van der Waals surface area contributed by atoms with Crippen molar-refractivity contribution in [1.82, 2.24) is 30.1 Å². The van der Waals surface area contributed by atoms with E-state index in [1.165, 1.54) is 5.56 Å². The summed E-state index contributed by atoms with van der Waals surface area (Å²) >= 11 is 0. The Morgan fingerprint density at radius 2 is 2.03 bits per heavy atom. The molecule has 0 amide bonds. The second kappa shape index (κ2) is 9.88. The van der Waals surface area contributed by atoms with Crippen molar-refractivity contribution in [2.24, 2.45) is 4.99 Å². The molecule has 8 nitrogen and oxygen atoms in total. The average molecular weight is 396 g/mol. The van der Waals surface area contributed by atoms with E-state index in [1.807, 2.05) is 40.9 Å². The molecule has 1 atom stereocenters. The zero-order valence-electron chi connectivity index (χ0n) is 17.5. The lowest BCUT2D eigenvalue weighted by molar-refractivity contribution is 0.297. The minimum Gasteiger partial charge on any atom is -0.497 e. The van der Waals surface area contributed by atoms with E-state index in [0.717, 1.165) is 29.7 Å². The number of likely N-dealkylation sites (N-methyl/N-ethyl adjacent to an activating group) is 1. The lowest BCUT2D eigenvalue weighted by atomic mass is 10.1. The van der Waals surface area contributed by atoms with Gasteiger partial charge in [0, 0.05) is 19.3 Å². The predicted molar refractivity (Wildman–Crippen MR) is 115 cm³/mol. The minimum atomic E-state index is 0.169. The molecule has 0 bridgehead atoms. The van der Waals surface area contributed by atoms with E-state index in [-0.39, 0.29) is 6.04 Å².